The highest BCUT2D eigenvalue weighted by molar-refractivity contribution is 7.90. The lowest BCUT2D eigenvalue weighted by Gasteiger charge is -2.39. The van der Waals surface area contributed by atoms with Gasteiger partial charge in [0.2, 0.25) is 0 Å². The lowest BCUT2D eigenvalue weighted by atomic mass is 9.88. The summed E-state index contributed by atoms with van der Waals surface area (Å²) < 4.78 is 17.2. The molecule has 1 aliphatic rings. The molecule has 0 aliphatic carbocycles. The third-order valence-electron chi connectivity index (χ3n) is 6.32. The zero-order chi connectivity index (χ0) is 23.1. The first kappa shape index (κ1) is 24.9. The van der Waals surface area contributed by atoms with E-state index in [-0.39, 0.29) is 6.10 Å². The summed E-state index contributed by atoms with van der Waals surface area (Å²) in [6.45, 7) is 7.73. The molecule has 3 rings (SSSR count). The number of ether oxygens (including phenoxy) is 1. The summed E-state index contributed by atoms with van der Waals surface area (Å²) in [6.07, 6.45) is 5.27. The van der Waals surface area contributed by atoms with E-state index in [1.54, 1.807) is 6.26 Å². The summed E-state index contributed by atoms with van der Waals surface area (Å²) in [6, 6.07) is 16.2. The smallest absolute Gasteiger partial charge is 0.152 e. The molecule has 1 fully saturated rings. The van der Waals surface area contributed by atoms with Gasteiger partial charge in [-0.1, -0.05) is 12.1 Å². The van der Waals surface area contributed by atoms with Crippen LogP contribution in [0.2, 0.25) is 0 Å². The van der Waals surface area contributed by atoms with E-state index >= 15 is 0 Å². The molecule has 0 spiro atoms. The van der Waals surface area contributed by atoms with E-state index in [2.05, 4.69) is 41.1 Å². The molecule has 0 amide bonds. The van der Waals surface area contributed by atoms with Gasteiger partial charge in [0.25, 0.3) is 0 Å². The van der Waals surface area contributed by atoms with Crippen LogP contribution in [0.5, 0.6) is 5.75 Å². The maximum absolute atomic E-state index is 11.5. The molecule has 1 N–H and O–H groups in total. The fourth-order valence-electron chi connectivity index (χ4n) is 4.13. The number of hydrogen-bond donors (Lipinski definition) is 1. The first-order valence-corrected chi connectivity index (χ1v) is 13.1. The highest BCUT2D eigenvalue weighted by Crippen LogP contribution is 2.27. The molecule has 6 heteroatoms. The number of rotatable bonds is 10. The molecule has 176 valence electrons. The van der Waals surface area contributed by atoms with Crippen LogP contribution in [0.4, 0.5) is 5.69 Å². The van der Waals surface area contributed by atoms with E-state index in [1.165, 1.54) is 5.56 Å². The highest BCUT2D eigenvalue weighted by Gasteiger charge is 2.32. The molecule has 1 unspecified atom stereocenters. The zero-order valence-electron chi connectivity index (χ0n) is 19.9. The van der Waals surface area contributed by atoms with Gasteiger partial charge in [-0.2, -0.15) is 0 Å². The second-order valence-corrected chi connectivity index (χ2v) is 10.6. The third kappa shape index (κ3) is 7.41. The molecule has 1 saturated heterocycles. The van der Waals surface area contributed by atoms with Gasteiger partial charge in [0.05, 0.1) is 11.7 Å². The molecule has 0 radical (unpaired) electrons. The van der Waals surface area contributed by atoms with Crippen molar-refractivity contribution in [2.24, 2.45) is 0 Å². The van der Waals surface area contributed by atoms with Crippen LogP contribution < -0.4 is 9.64 Å². The second-order valence-electron chi connectivity index (χ2n) is 9.25. The summed E-state index contributed by atoms with van der Waals surface area (Å²) in [7, 11) is 2.08. The van der Waals surface area contributed by atoms with Crippen molar-refractivity contribution in [3.63, 3.8) is 0 Å². The van der Waals surface area contributed by atoms with Crippen LogP contribution in [0.25, 0.3) is 0 Å². The predicted molar refractivity (Wildman–Crippen MR) is 133 cm³/mol. The Morgan fingerprint density at radius 3 is 2.28 bits per heavy atom. The largest absolute Gasteiger partial charge is 0.612 e. The number of likely N-dealkylation sites (tertiary alicyclic amines) is 1. The number of hydrogen-bond acceptors (Lipinski definition) is 5. The van der Waals surface area contributed by atoms with Crippen molar-refractivity contribution >= 4 is 16.9 Å². The van der Waals surface area contributed by atoms with Crippen molar-refractivity contribution in [1.82, 2.24) is 4.90 Å². The Bertz CT molecular complexity index is 816. The van der Waals surface area contributed by atoms with Crippen molar-refractivity contribution in [1.29, 1.82) is 0 Å². The van der Waals surface area contributed by atoms with Gasteiger partial charge in [0.1, 0.15) is 12.0 Å². The van der Waals surface area contributed by atoms with Crippen molar-refractivity contribution in [2.45, 2.75) is 56.1 Å². The Hall–Kier alpha value is -1.73. The SMILES string of the molecule is CC(C)Oc1ccc(N(C)CCC2(O)CCN(CCc3ccc([S+](C)[O-])cc3)CC2)cc1. The maximum Gasteiger partial charge on any atom is 0.152 e. The van der Waals surface area contributed by atoms with Crippen LogP contribution in [0.15, 0.2) is 53.4 Å². The Balaban J connectivity index is 1.40. The molecule has 32 heavy (non-hydrogen) atoms. The first-order chi connectivity index (χ1) is 15.2. The van der Waals surface area contributed by atoms with Crippen molar-refractivity contribution in [3.05, 3.63) is 54.1 Å². The van der Waals surface area contributed by atoms with Crippen LogP contribution in [-0.4, -0.2) is 65.7 Å². The molecule has 1 aliphatic heterocycles. The van der Waals surface area contributed by atoms with Crippen LogP contribution in [0.1, 0.15) is 38.7 Å². The predicted octanol–water partition coefficient (Wildman–Crippen LogP) is 4.11. The lowest BCUT2D eigenvalue weighted by molar-refractivity contribution is -0.0254. The second kappa shape index (κ2) is 11.4. The molecule has 1 heterocycles. The number of aliphatic hydroxyl groups is 1. The normalized spacial score (nSPS) is 17.3. The van der Waals surface area contributed by atoms with E-state index in [0.717, 1.165) is 68.2 Å². The van der Waals surface area contributed by atoms with E-state index in [0.29, 0.717) is 0 Å². The van der Waals surface area contributed by atoms with Crippen LogP contribution in [-0.2, 0) is 17.6 Å². The maximum atomic E-state index is 11.5. The molecule has 2 aromatic rings. The van der Waals surface area contributed by atoms with Gasteiger partial charge < -0.3 is 24.2 Å². The summed E-state index contributed by atoms with van der Waals surface area (Å²) in [4.78, 5) is 5.52. The molecule has 0 bridgehead atoms. The van der Waals surface area contributed by atoms with Crippen LogP contribution >= 0.6 is 0 Å². The van der Waals surface area contributed by atoms with Gasteiger partial charge >= 0.3 is 0 Å². The average Bonchev–Trinajstić information content (AvgIpc) is 2.77. The molecule has 0 aromatic heterocycles. The number of piperidine rings is 1. The van der Waals surface area contributed by atoms with Gasteiger partial charge in [0, 0.05) is 38.9 Å². The van der Waals surface area contributed by atoms with Gasteiger partial charge in [-0.15, -0.1) is 0 Å². The molecule has 2 aromatic carbocycles. The topological polar surface area (TPSA) is 59.0 Å². The summed E-state index contributed by atoms with van der Waals surface area (Å²) in [5.41, 5.74) is 1.82. The average molecular weight is 459 g/mol. The number of anilines is 1. The van der Waals surface area contributed by atoms with Crippen molar-refractivity contribution in [2.75, 3.05) is 44.4 Å². The Labute approximate surface area is 196 Å². The van der Waals surface area contributed by atoms with Crippen molar-refractivity contribution < 1.29 is 14.4 Å². The Morgan fingerprint density at radius 1 is 1.09 bits per heavy atom. The van der Waals surface area contributed by atoms with Gasteiger partial charge in [-0.3, -0.25) is 0 Å². The Kier molecular flexibility index (Phi) is 8.88. The van der Waals surface area contributed by atoms with Crippen LogP contribution in [0, 0.1) is 0 Å². The third-order valence-corrected chi connectivity index (χ3v) is 7.26. The standard InChI is InChI=1S/C26H38N2O3S/c1-21(2)31-24-9-7-23(8-10-24)27(3)18-14-26(29)15-19-28(20-16-26)17-13-22-5-11-25(12-6-22)32(4)30/h5-12,21,29H,13-20H2,1-4H3. The van der Waals surface area contributed by atoms with Crippen LogP contribution in [0.3, 0.4) is 0 Å². The summed E-state index contributed by atoms with van der Waals surface area (Å²) in [5.74, 6) is 0.888. The summed E-state index contributed by atoms with van der Waals surface area (Å²) in [5, 5.41) is 11.1. The fraction of sp³-hybridized carbons (Fsp3) is 0.538. The molecule has 1 atom stereocenters. The van der Waals surface area contributed by atoms with Gasteiger partial charge in [0.15, 0.2) is 4.90 Å². The molecular formula is C26H38N2O3S. The van der Waals surface area contributed by atoms with Gasteiger partial charge in [-0.05, 0) is 92.7 Å². The van der Waals surface area contributed by atoms with E-state index < -0.39 is 16.8 Å². The minimum atomic E-state index is -0.923. The quantitative estimate of drug-likeness (QED) is 0.543. The minimum absolute atomic E-state index is 0.173. The minimum Gasteiger partial charge on any atom is -0.612 e. The Morgan fingerprint density at radius 2 is 1.72 bits per heavy atom. The zero-order valence-corrected chi connectivity index (χ0v) is 20.7. The highest BCUT2D eigenvalue weighted by atomic mass is 32.2. The molecule has 0 saturated carbocycles. The number of benzene rings is 2. The van der Waals surface area contributed by atoms with E-state index in [9.17, 15) is 9.66 Å². The molecule has 5 nitrogen and oxygen atoms in total. The first-order valence-electron chi connectivity index (χ1n) is 11.6. The lowest BCUT2D eigenvalue weighted by Crippen LogP contribution is -2.46. The van der Waals surface area contributed by atoms with E-state index in [1.807, 2.05) is 38.1 Å². The summed E-state index contributed by atoms with van der Waals surface area (Å²) >= 11 is -0.923. The molecular weight excluding hydrogens is 420 g/mol. The fourth-order valence-corrected chi connectivity index (χ4v) is 4.65. The van der Waals surface area contributed by atoms with Gasteiger partial charge in [-0.25, -0.2) is 0 Å². The monoisotopic (exact) mass is 458 g/mol. The number of nitrogens with zero attached hydrogens (tertiary/aromatic N) is 2. The van der Waals surface area contributed by atoms with E-state index in [4.69, 9.17) is 4.74 Å². The van der Waals surface area contributed by atoms with Crippen molar-refractivity contribution in [3.8, 4) is 5.75 Å².